The predicted molar refractivity (Wildman–Crippen MR) is 156 cm³/mol. The summed E-state index contributed by atoms with van der Waals surface area (Å²) < 4.78 is 0. The molecule has 0 aliphatic carbocycles. The van der Waals surface area contributed by atoms with Crippen LogP contribution in [0, 0.1) is 11.3 Å². The summed E-state index contributed by atoms with van der Waals surface area (Å²) in [6.45, 7) is 13.0. The van der Waals surface area contributed by atoms with Crippen LogP contribution in [0.2, 0.25) is 0 Å². The third kappa shape index (κ3) is 7.35. The molecule has 40 heavy (non-hydrogen) atoms. The molecule has 0 bridgehead atoms. The molecule has 10 nitrogen and oxygen atoms in total. The minimum Gasteiger partial charge on any atom is -0.357 e. The maximum Gasteiger partial charge on any atom is 0.245 e. The van der Waals surface area contributed by atoms with Gasteiger partial charge in [-0.3, -0.25) is 29.0 Å². The molecule has 2 N–H and O–H groups in total. The first-order valence-corrected chi connectivity index (χ1v) is 15.3. The van der Waals surface area contributed by atoms with E-state index in [1.807, 2.05) is 34.9 Å². The Morgan fingerprint density at radius 2 is 1.50 bits per heavy atom. The molecule has 3 aliphatic heterocycles. The minimum absolute atomic E-state index is 0.0246. The zero-order valence-corrected chi connectivity index (χ0v) is 26.2. The number of hydrogen-bond donors (Lipinski definition) is 2. The summed E-state index contributed by atoms with van der Waals surface area (Å²) in [5, 5.41) is 5.83. The molecule has 228 valence electrons. The second kappa shape index (κ2) is 13.6. The molecule has 0 radical (unpaired) electrons. The first-order chi connectivity index (χ1) is 18.8. The number of likely N-dealkylation sites (tertiary alicyclic amines) is 3. The Balaban J connectivity index is 1.74. The Morgan fingerprint density at radius 3 is 2.10 bits per heavy atom. The van der Waals surface area contributed by atoms with Gasteiger partial charge in [-0.15, -0.1) is 0 Å². The van der Waals surface area contributed by atoms with Gasteiger partial charge in [-0.25, -0.2) is 0 Å². The largest absolute Gasteiger partial charge is 0.357 e. The molecule has 3 aliphatic rings. The fourth-order valence-electron chi connectivity index (χ4n) is 6.67. The van der Waals surface area contributed by atoms with Crippen molar-refractivity contribution < 1.29 is 19.2 Å². The van der Waals surface area contributed by atoms with Crippen LogP contribution in [0.15, 0.2) is 0 Å². The van der Waals surface area contributed by atoms with Crippen molar-refractivity contribution in [3.05, 3.63) is 0 Å². The second-order valence-electron chi connectivity index (χ2n) is 13.5. The Kier molecular flexibility index (Phi) is 11.0. The highest BCUT2D eigenvalue weighted by atomic mass is 16.2. The molecule has 3 rings (SSSR count). The summed E-state index contributed by atoms with van der Waals surface area (Å²) in [5.41, 5.74) is -0.466. The molecule has 10 heteroatoms. The van der Waals surface area contributed by atoms with Crippen molar-refractivity contribution in [2.45, 2.75) is 110 Å². The lowest BCUT2D eigenvalue weighted by Crippen LogP contribution is -2.61. The highest BCUT2D eigenvalue weighted by molar-refractivity contribution is 5.91. The molecule has 3 fully saturated rings. The van der Waals surface area contributed by atoms with Crippen LogP contribution in [-0.4, -0.2) is 121 Å². The lowest BCUT2D eigenvalue weighted by atomic mass is 9.84. The summed E-state index contributed by atoms with van der Waals surface area (Å²) in [6, 6.07) is -1.68. The molecular formula is C30H54N6O4. The zero-order chi connectivity index (χ0) is 29.8. The van der Waals surface area contributed by atoms with Crippen molar-refractivity contribution in [3.63, 3.8) is 0 Å². The number of carbonyl (C=O) groups is 4. The Labute approximate surface area is 241 Å². The van der Waals surface area contributed by atoms with E-state index in [4.69, 9.17) is 0 Å². The van der Waals surface area contributed by atoms with Gasteiger partial charge in [-0.2, -0.15) is 0 Å². The number of likely N-dealkylation sites (N-methyl/N-ethyl adjacent to an activating group) is 3. The molecular weight excluding hydrogens is 508 g/mol. The number of carbonyl (C=O) groups excluding carboxylic acids is 4. The van der Waals surface area contributed by atoms with Gasteiger partial charge in [0.2, 0.25) is 23.6 Å². The van der Waals surface area contributed by atoms with E-state index in [0.29, 0.717) is 19.5 Å². The van der Waals surface area contributed by atoms with Crippen molar-refractivity contribution in [3.8, 4) is 0 Å². The van der Waals surface area contributed by atoms with Crippen molar-refractivity contribution in [1.29, 1.82) is 0 Å². The first-order valence-electron chi connectivity index (χ1n) is 15.3. The van der Waals surface area contributed by atoms with Crippen LogP contribution in [0.25, 0.3) is 0 Å². The number of nitrogens with zero attached hydrogens (tertiary/aromatic N) is 4. The van der Waals surface area contributed by atoms with Crippen LogP contribution in [0.5, 0.6) is 0 Å². The quantitative estimate of drug-likeness (QED) is 0.443. The van der Waals surface area contributed by atoms with Gasteiger partial charge in [0.05, 0.1) is 12.1 Å². The normalized spacial score (nSPS) is 26.0. The third-order valence-electron chi connectivity index (χ3n) is 9.24. The lowest BCUT2D eigenvalue weighted by molar-refractivity contribution is -0.144. The summed E-state index contributed by atoms with van der Waals surface area (Å²) in [7, 11) is 5.43. The van der Waals surface area contributed by atoms with Gasteiger partial charge >= 0.3 is 0 Å². The van der Waals surface area contributed by atoms with E-state index >= 15 is 0 Å². The summed E-state index contributed by atoms with van der Waals surface area (Å²) in [4.78, 5) is 61.3. The third-order valence-corrected chi connectivity index (χ3v) is 9.24. The van der Waals surface area contributed by atoms with Crippen molar-refractivity contribution in [2.24, 2.45) is 11.3 Å². The summed E-state index contributed by atoms with van der Waals surface area (Å²) in [5.74, 6) is -0.103. The summed E-state index contributed by atoms with van der Waals surface area (Å²) in [6.07, 6.45) is 6.11. The van der Waals surface area contributed by atoms with Gasteiger partial charge in [0.25, 0.3) is 0 Å². The van der Waals surface area contributed by atoms with Crippen molar-refractivity contribution in [2.75, 3.05) is 47.3 Å². The van der Waals surface area contributed by atoms with Crippen LogP contribution in [0.1, 0.15) is 79.6 Å². The fourth-order valence-corrected chi connectivity index (χ4v) is 6.67. The molecule has 0 aromatic rings. The smallest absolute Gasteiger partial charge is 0.245 e. The van der Waals surface area contributed by atoms with E-state index in [1.54, 1.807) is 16.8 Å². The average molecular weight is 563 g/mol. The van der Waals surface area contributed by atoms with Gasteiger partial charge in [0.1, 0.15) is 12.1 Å². The highest BCUT2D eigenvalue weighted by Crippen LogP contribution is 2.28. The molecule has 3 saturated heterocycles. The molecule has 4 amide bonds. The molecule has 0 spiro atoms. The number of piperidine rings is 1. The molecule has 0 aromatic heterocycles. The van der Waals surface area contributed by atoms with Gasteiger partial charge in [0, 0.05) is 33.2 Å². The Bertz CT molecular complexity index is 918. The van der Waals surface area contributed by atoms with E-state index < -0.39 is 17.5 Å². The molecule has 3 heterocycles. The second-order valence-corrected chi connectivity index (χ2v) is 13.5. The SMILES string of the molecule is CNC(=O)C1CCCN1C(=O)C1CCCN1CC(C(C)C)N(C)C(=O)C(NC(=O)C1CCCCN1C)C(C)(C)C. The molecule has 0 saturated carbocycles. The van der Waals surface area contributed by atoms with Crippen LogP contribution >= 0.6 is 0 Å². The number of nitrogens with one attached hydrogen (secondary N) is 2. The van der Waals surface area contributed by atoms with Crippen LogP contribution in [0.3, 0.4) is 0 Å². The fraction of sp³-hybridized carbons (Fsp3) is 0.867. The molecule has 5 unspecified atom stereocenters. The predicted octanol–water partition coefficient (Wildman–Crippen LogP) is 1.69. The maximum atomic E-state index is 14.0. The van der Waals surface area contributed by atoms with E-state index in [1.165, 1.54) is 0 Å². The molecule has 0 aromatic carbocycles. The van der Waals surface area contributed by atoms with Crippen molar-refractivity contribution in [1.82, 2.24) is 30.2 Å². The monoisotopic (exact) mass is 562 g/mol. The van der Waals surface area contributed by atoms with Crippen molar-refractivity contribution >= 4 is 23.6 Å². The Morgan fingerprint density at radius 1 is 0.875 bits per heavy atom. The van der Waals surface area contributed by atoms with E-state index in [9.17, 15) is 19.2 Å². The zero-order valence-electron chi connectivity index (χ0n) is 26.2. The lowest BCUT2D eigenvalue weighted by Gasteiger charge is -2.41. The van der Waals surface area contributed by atoms with Gasteiger partial charge in [-0.1, -0.05) is 41.0 Å². The van der Waals surface area contributed by atoms with E-state index in [2.05, 4.69) is 34.3 Å². The van der Waals surface area contributed by atoms with Crippen LogP contribution in [-0.2, 0) is 19.2 Å². The molecule has 5 atom stereocenters. The van der Waals surface area contributed by atoms with Crippen LogP contribution < -0.4 is 10.6 Å². The highest BCUT2D eigenvalue weighted by Gasteiger charge is 2.43. The van der Waals surface area contributed by atoms with E-state index in [0.717, 1.165) is 51.6 Å². The topological polar surface area (TPSA) is 105 Å². The van der Waals surface area contributed by atoms with Gasteiger partial charge < -0.3 is 20.4 Å². The number of amides is 4. The van der Waals surface area contributed by atoms with Gasteiger partial charge in [0.15, 0.2) is 0 Å². The minimum atomic E-state index is -0.657. The standard InChI is InChI=1S/C30H54N6O4/c1-20(2)24(19-35-17-11-15-23(35)28(39)36-18-12-14-22(36)26(37)31-6)34(8)29(40)25(30(3,4)5)32-27(38)21-13-9-10-16-33(21)7/h20-25H,9-19H2,1-8H3,(H,31,37)(H,32,38). The first kappa shape index (κ1) is 32.3. The average Bonchev–Trinajstić information content (AvgIpc) is 3.58. The van der Waals surface area contributed by atoms with Gasteiger partial charge in [-0.05, 0) is 70.0 Å². The summed E-state index contributed by atoms with van der Waals surface area (Å²) >= 11 is 0. The number of rotatable bonds is 9. The number of hydrogen-bond acceptors (Lipinski definition) is 6. The Hall–Kier alpha value is -2.20. The van der Waals surface area contributed by atoms with Crippen LogP contribution in [0.4, 0.5) is 0 Å². The van der Waals surface area contributed by atoms with E-state index in [-0.39, 0.29) is 47.7 Å². The maximum absolute atomic E-state index is 14.0.